The first-order valence-corrected chi connectivity index (χ1v) is 8.33. The number of rotatable bonds is 7. The Balaban J connectivity index is 1.97. The number of β-amino-alcohol motifs (C(OH)–C–C–N with tert-alkyl or cyclic N) is 1. The van der Waals surface area contributed by atoms with E-state index < -0.39 is 0 Å². The van der Waals surface area contributed by atoms with Crippen LogP contribution >= 0.6 is 0 Å². The highest BCUT2D eigenvalue weighted by atomic mass is 16.3. The van der Waals surface area contributed by atoms with E-state index in [0.29, 0.717) is 12.1 Å². The molecule has 0 unspecified atom stereocenters. The van der Waals surface area contributed by atoms with Crippen LogP contribution in [0.1, 0.15) is 38.7 Å². The molecule has 1 aromatic rings. The fraction of sp³-hybridized carbons (Fsp3) is 0.667. The largest absolute Gasteiger partial charge is 0.395 e. The Bertz CT molecular complexity index is 391. The summed E-state index contributed by atoms with van der Waals surface area (Å²) in [6.45, 7) is 8.92. The van der Waals surface area contributed by atoms with Gasteiger partial charge in [0.05, 0.1) is 6.61 Å². The van der Waals surface area contributed by atoms with Crippen LogP contribution in [0.2, 0.25) is 0 Å². The van der Waals surface area contributed by atoms with Crippen LogP contribution in [-0.2, 0) is 6.54 Å². The van der Waals surface area contributed by atoms with Crippen molar-refractivity contribution in [3.63, 3.8) is 0 Å². The van der Waals surface area contributed by atoms with E-state index in [2.05, 4.69) is 54.0 Å². The molecule has 1 saturated heterocycles. The molecule has 1 aliphatic rings. The summed E-state index contributed by atoms with van der Waals surface area (Å²) >= 11 is 0. The maximum Gasteiger partial charge on any atom is 0.0558 e. The normalized spacial score (nSPS) is 20.3. The first-order valence-electron chi connectivity index (χ1n) is 8.33. The maximum atomic E-state index is 9.26. The fourth-order valence-electron chi connectivity index (χ4n) is 3.24. The Labute approximate surface area is 129 Å². The molecule has 118 valence electrons. The van der Waals surface area contributed by atoms with Gasteiger partial charge in [-0.15, -0.1) is 0 Å². The Kier molecular flexibility index (Phi) is 6.68. The first kappa shape index (κ1) is 16.5. The van der Waals surface area contributed by atoms with E-state index in [4.69, 9.17) is 0 Å². The monoisotopic (exact) mass is 290 g/mol. The van der Waals surface area contributed by atoms with Gasteiger partial charge in [0.2, 0.25) is 0 Å². The zero-order valence-electron chi connectivity index (χ0n) is 13.5. The second-order valence-electron chi connectivity index (χ2n) is 6.42. The molecule has 2 rings (SSSR count). The smallest absolute Gasteiger partial charge is 0.0558 e. The van der Waals surface area contributed by atoms with Crippen molar-refractivity contribution in [1.29, 1.82) is 0 Å². The highest BCUT2D eigenvalue weighted by Gasteiger charge is 2.25. The standard InChI is InChI=1S/C18H30N2O/c1-16(2)20(14-17-8-4-3-5-9-17)15-18-10-6-7-11-19(18)12-13-21/h3-5,8-9,16,18,21H,6-7,10-15H2,1-2H3/t18-/m0/s1. The van der Waals surface area contributed by atoms with Gasteiger partial charge in [0, 0.05) is 31.7 Å². The summed E-state index contributed by atoms with van der Waals surface area (Å²) in [6, 6.07) is 11.9. The molecule has 1 fully saturated rings. The highest BCUT2D eigenvalue weighted by Crippen LogP contribution is 2.19. The summed E-state index contributed by atoms with van der Waals surface area (Å²) in [6.07, 6.45) is 3.86. The number of likely N-dealkylation sites (tertiary alicyclic amines) is 1. The summed E-state index contributed by atoms with van der Waals surface area (Å²) < 4.78 is 0. The van der Waals surface area contributed by atoms with E-state index in [1.165, 1.54) is 24.8 Å². The van der Waals surface area contributed by atoms with Gasteiger partial charge in [0.25, 0.3) is 0 Å². The molecule has 21 heavy (non-hydrogen) atoms. The molecule has 1 heterocycles. The number of hydrogen-bond donors (Lipinski definition) is 1. The summed E-state index contributed by atoms with van der Waals surface area (Å²) in [5, 5.41) is 9.26. The molecular weight excluding hydrogens is 260 g/mol. The molecular formula is C18H30N2O. The van der Waals surface area contributed by atoms with Crippen molar-refractivity contribution in [2.45, 2.75) is 51.7 Å². The molecule has 0 spiro atoms. The molecule has 3 heteroatoms. The number of benzene rings is 1. The Morgan fingerprint density at radius 3 is 2.67 bits per heavy atom. The third kappa shape index (κ3) is 5.10. The van der Waals surface area contributed by atoms with Crippen LogP contribution in [0.15, 0.2) is 30.3 Å². The Morgan fingerprint density at radius 1 is 1.24 bits per heavy atom. The number of aliphatic hydroxyl groups excluding tert-OH is 1. The molecule has 1 aliphatic heterocycles. The predicted molar refractivity (Wildman–Crippen MR) is 88.3 cm³/mol. The van der Waals surface area contributed by atoms with Gasteiger partial charge in [-0.1, -0.05) is 36.8 Å². The van der Waals surface area contributed by atoms with Crippen molar-refractivity contribution in [3.05, 3.63) is 35.9 Å². The third-order valence-corrected chi connectivity index (χ3v) is 4.54. The number of aliphatic hydroxyl groups is 1. The van der Waals surface area contributed by atoms with Crippen LogP contribution in [0.25, 0.3) is 0 Å². The SMILES string of the molecule is CC(C)N(Cc1ccccc1)C[C@@H]1CCCCN1CCO. The molecule has 1 atom stereocenters. The van der Waals surface area contributed by atoms with E-state index in [0.717, 1.165) is 26.2 Å². The van der Waals surface area contributed by atoms with Crippen LogP contribution in [0, 0.1) is 0 Å². The van der Waals surface area contributed by atoms with E-state index in [1.54, 1.807) is 0 Å². The minimum absolute atomic E-state index is 0.275. The lowest BCUT2D eigenvalue weighted by molar-refractivity contribution is 0.0725. The zero-order valence-corrected chi connectivity index (χ0v) is 13.5. The van der Waals surface area contributed by atoms with E-state index in [9.17, 15) is 5.11 Å². The lowest BCUT2D eigenvalue weighted by atomic mass is 10.0. The molecule has 0 aliphatic carbocycles. The molecule has 0 aromatic heterocycles. The maximum absolute atomic E-state index is 9.26. The number of piperidine rings is 1. The number of nitrogens with zero attached hydrogens (tertiary/aromatic N) is 2. The highest BCUT2D eigenvalue weighted by molar-refractivity contribution is 5.14. The Morgan fingerprint density at radius 2 is 2.00 bits per heavy atom. The quantitative estimate of drug-likeness (QED) is 0.836. The first-order chi connectivity index (χ1) is 10.2. The van der Waals surface area contributed by atoms with Crippen molar-refractivity contribution in [2.24, 2.45) is 0 Å². The van der Waals surface area contributed by atoms with Gasteiger partial charge in [0.15, 0.2) is 0 Å². The van der Waals surface area contributed by atoms with Crippen molar-refractivity contribution in [2.75, 3.05) is 26.2 Å². The van der Waals surface area contributed by atoms with Crippen molar-refractivity contribution in [1.82, 2.24) is 9.80 Å². The van der Waals surface area contributed by atoms with Crippen LogP contribution < -0.4 is 0 Å². The minimum Gasteiger partial charge on any atom is -0.395 e. The van der Waals surface area contributed by atoms with Crippen molar-refractivity contribution >= 4 is 0 Å². The molecule has 0 amide bonds. The molecule has 1 N–H and O–H groups in total. The summed E-state index contributed by atoms with van der Waals surface area (Å²) in [5.41, 5.74) is 1.38. The summed E-state index contributed by atoms with van der Waals surface area (Å²) in [7, 11) is 0. The fourth-order valence-corrected chi connectivity index (χ4v) is 3.24. The van der Waals surface area contributed by atoms with Crippen LogP contribution in [-0.4, -0.2) is 53.2 Å². The molecule has 3 nitrogen and oxygen atoms in total. The van der Waals surface area contributed by atoms with Gasteiger partial charge in [-0.25, -0.2) is 0 Å². The van der Waals surface area contributed by atoms with Gasteiger partial charge < -0.3 is 5.11 Å². The van der Waals surface area contributed by atoms with Gasteiger partial charge >= 0.3 is 0 Å². The Hall–Kier alpha value is -0.900. The van der Waals surface area contributed by atoms with Crippen molar-refractivity contribution < 1.29 is 5.11 Å². The van der Waals surface area contributed by atoms with Gasteiger partial charge in [-0.05, 0) is 38.8 Å². The molecule has 1 aromatic carbocycles. The average molecular weight is 290 g/mol. The third-order valence-electron chi connectivity index (χ3n) is 4.54. The second kappa shape index (κ2) is 8.52. The van der Waals surface area contributed by atoms with Crippen LogP contribution in [0.5, 0.6) is 0 Å². The average Bonchev–Trinajstić information content (AvgIpc) is 2.49. The van der Waals surface area contributed by atoms with Gasteiger partial charge in [-0.3, -0.25) is 9.80 Å². The van der Waals surface area contributed by atoms with E-state index >= 15 is 0 Å². The molecule has 0 saturated carbocycles. The van der Waals surface area contributed by atoms with E-state index in [-0.39, 0.29) is 6.61 Å². The van der Waals surface area contributed by atoms with E-state index in [1.807, 2.05) is 0 Å². The molecule has 0 bridgehead atoms. The lowest BCUT2D eigenvalue weighted by Crippen LogP contribution is -2.49. The second-order valence-corrected chi connectivity index (χ2v) is 6.42. The summed E-state index contributed by atoms with van der Waals surface area (Å²) in [5.74, 6) is 0. The topological polar surface area (TPSA) is 26.7 Å². The molecule has 0 radical (unpaired) electrons. The van der Waals surface area contributed by atoms with Gasteiger partial charge in [-0.2, -0.15) is 0 Å². The number of hydrogen-bond acceptors (Lipinski definition) is 3. The van der Waals surface area contributed by atoms with Crippen LogP contribution in [0.4, 0.5) is 0 Å². The minimum atomic E-state index is 0.275. The summed E-state index contributed by atoms with van der Waals surface area (Å²) in [4.78, 5) is 5.04. The zero-order chi connectivity index (χ0) is 15.1. The van der Waals surface area contributed by atoms with Crippen molar-refractivity contribution in [3.8, 4) is 0 Å². The predicted octanol–water partition coefficient (Wildman–Crippen LogP) is 2.74. The van der Waals surface area contributed by atoms with Crippen LogP contribution in [0.3, 0.4) is 0 Å². The van der Waals surface area contributed by atoms with Gasteiger partial charge in [0.1, 0.15) is 0 Å². The lowest BCUT2D eigenvalue weighted by Gasteiger charge is -2.39.